The monoisotopic (exact) mass is 268 g/mol. The minimum Gasteiger partial charge on any atom is -0.497 e. The van der Waals surface area contributed by atoms with Gasteiger partial charge in [-0.2, -0.15) is 4.68 Å². The van der Waals surface area contributed by atoms with E-state index >= 15 is 0 Å². The lowest BCUT2D eigenvalue weighted by Gasteiger charge is -2.06. The van der Waals surface area contributed by atoms with Gasteiger partial charge in [-0.3, -0.25) is 0 Å². The van der Waals surface area contributed by atoms with E-state index in [4.69, 9.17) is 4.74 Å². The highest BCUT2D eigenvalue weighted by atomic mass is 79.9. The zero-order valence-corrected chi connectivity index (χ0v) is 9.89. The first kappa shape index (κ1) is 10.1. The molecule has 0 spiro atoms. The number of methoxy groups -OCH3 is 1. The summed E-state index contributed by atoms with van der Waals surface area (Å²) in [4.78, 5) is 0. The molecular formula is C9H9BrN4O. The van der Waals surface area contributed by atoms with Crippen molar-refractivity contribution in [2.24, 2.45) is 0 Å². The number of tetrazole rings is 1. The first-order chi connectivity index (χ1) is 7.22. The van der Waals surface area contributed by atoms with E-state index in [1.54, 1.807) is 11.8 Å². The van der Waals surface area contributed by atoms with Gasteiger partial charge in [0.2, 0.25) is 0 Å². The fourth-order valence-electron chi connectivity index (χ4n) is 1.24. The van der Waals surface area contributed by atoms with Crippen molar-refractivity contribution in [1.29, 1.82) is 0 Å². The molecule has 0 saturated carbocycles. The molecule has 0 aliphatic carbocycles. The molecule has 0 unspecified atom stereocenters. The van der Waals surface area contributed by atoms with Crippen LogP contribution in [0.4, 0.5) is 0 Å². The van der Waals surface area contributed by atoms with E-state index in [0.29, 0.717) is 0 Å². The largest absolute Gasteiger partial charge is 0.497 e. The number of ether oxygens (including phenoxy) is 1. The number of nitrogens with zero attached hydrogens (tertiary/aromatic N) is 4. The van der Waals surface area contributed by atoms with Crippen molar-refractivity contribution in [3.63, 3.8) is 0 Å². The minimum absolute atomic E-state index is 0.726. The minimum atomic E-state index is 0.726. The maximum Gasteiger partial charge on any atom is 0.153 e. The fraction of sp³-hybridized carbons (Fsp3) is 0.222. The third kappa shape index (κ3) is 1.85. The van der Waals surface area contributed by atoms with Gasteiger partial charge < -0.3 is 4.74 Å². The van der Waals surface area contributed by atoms with Crippen LogP contribution in [0.5, 0.6) is 5.75 Å². The van der Waals surface area contributed by atoms with E-state index in [1.807, 2.05) is 25.1 Å². The van der Waals surface area contributed by atoms with Crippen LogP contribution < -0.4 is 4.74 Å². The lowest BCUT2D eigenvalue weighted by atomic mass is 10.3. The second-order valence-corrected chi connectivity index (χ2v) is 3.81. The molecule has 0 atom stereocenters. The van der Waals surface area contributed by atoms with Crippen molar-refractivity contribution in [2.75, 3.05) is 7.11 Å². The molecule has 0 radical (unpaired) electrons. The average Bonchev–Trinajstić information content (AvgIpc) is 2.65. The molecule has 0 fully saturated rings. The zero-order valence-electron chi connectivity index (χ0n) is 8.31. The Morgan fingerprint density at radius 3 is 2.80 bits per heavy atom. The Kier molecular flexibility index (Phi) is 2.68. The molecule has 0 saturated heterocycles. The van der Waals surface area contributed by atoms with Gasteiger partial charge >= 0.3 is 0 Å². The Morgan fingerprint density at radius 2 is 2.20 bits per heavy atom. The summed E-state index contributed by atoms with van der Waals surface area (Å²) in [5.41, 5.74) is 0.858. The maximum atomic E-state index is 5.15. The van der Waals surface area contributed by atoms with Crippen LogP contribution in [0.1, 0.15) is 5.82 Å². The van der Waals surface area contributed by atoms with E-state index in [-0.39, 0.29) is 0 Å². The van der Waals surface area contributed by atoms with Gasteiger partial charge in [0.25, 0.3) is 0 Å². The second kappa shape index (κ2) is 3.98. The summed E-state index contributed by atoms with van der Waals surface area (Å²) in [7, 11) is 1.62. The topological polar surface area (TPSA) is 52.8 Å². The first-order valence-electron chi connectivity index (χ1n) is 4.31. The Hall–Kier alpha value is -1.43. The molecular weight excluding hydrogens is 260 g/mol. The number of aryl methyl sites for hydroxylation is 1. The smallest absolute Gasteiger partial charge is 0.153 e. The summed E-state index contributed by atoms with van der Waals surface area (Å²) in [5.74, 6) is 1.49. The molecule has 0 N–H and O–H groups in total. The lowest BCUT2D eigenvalue weighted by Crippen LogP contribution is -2.01. The van der Waals surface area contributed by atoms with Crippen LogP contribution in [0.25, 0.3) is 5.69 Å². The van der Waals surface area contributed by atoms with Crippen LogP contribution in [0.15, 0.2) is 22.7 Å². The number of rotatable bonds is 2. The van der Waals surface area contributed by atoms with E-state index in [9.17, 15) is 0 Å². The van der Waals surface area contributed by atoms with Gasteiger partial charge in [-0.15, -0.1) is 5.10 Å². The van der Waals surface area contributed by atoms with Crippen LogP contribution in [-0.4, -0.2) is 27.3 Å². The molecule has 1 aromatic carbocycles. The predicted molar refractivity (Wildman–Crippen MR) is 58.1 cm³/mol. The van der Waals surface area contributed by atoms with Gasteiger partial charge in [-0.25, -0.2) is 0 Å². The van der Waals surface area contributed by atoms with Crippen molar-refractivity contribution in [3.05, 3.63) is 28.5 Å². The highest BCUT2D eigenvalue weighted by Crippen LogP contribution is 2.25. The van der Waals surface area contributed by atoms with Gasteiger partial charge in [0.05, 0.1) is 12.8 Å². The maximum absolute atomic E-state index is 5.15. The van der Waals surface area contributed by atoms with Gasteiger partial charge in [-0.1, -0.05) is 0 Å². The van der Waals surface area contributed by atoms with Crippen molar-refractivity contribution < 1.29 is 4.74 Å². The summed E-state index contributed by atoms with van der Waals surface area (Å²) in [6.45, 7) is 1.84. The number of hydrogen-bond acceptors (Lipinski definition) is 4. The zero-order chi connectivity index (χ0) is 10.8. The summed E-state index contributed by atoms with van der Waals surface area (Å²) in [6, 6.07) is 5.63. The predicted octanol–water partition coefficient (Wildman–Crippen LogP) is 1.74. The van der Waals surface area contributed by atoms with E-state index in [2.05, 4.69) is 31.5 Å². The standard InChI is InChI=1S/C9H9BrN4O/c1-6-11-12-13-14(6)9-5-7(15-2)3-4-8(9)10/h3-5H,1-2H3. The van der Waals surface area contributed by atoms with Crippen molar-refractivity contribution in [2.45, 2.75) is 6.92 Å². The highest BCUT2D eigenvalue weighted by molar-refractivity contribution is 9.10. The molecule has 1 aromatic heterocycles. The van der Waals surface area contributed by atoms with Gasteiger partial charge in [0.1, 0.15) is 5.75 Å². The van der Waals surface area contributed by atoms with Crippen LogP contribution >= 0.6 is 15.9 Å². The van der Waals surface area contributed by atoms with Gasteiger partial charge in [0.15, 0.2) is 5.82 Å². The summed E-state index contributed by atoms with van der Waals surface area (Å²) in [5, 5.41) is 11.3. The number of halogens is 1. The Labute approximate surface area is 95.2 Å². The molecule has 2 aromatic rings. The molecule has 78 valence electrons. The van der Waals surface area contributed by atoms with E-state index in [1.165, 1.54) is 0 Å². The Morgan fingerprint density at radius 1 is 1.40 bits per heavy atom. The molecule has 15 heavy (non-hydrogen) atoms. The van der Waals surface area contributed by atoms with Crippen molar-refractivity contribution in [3.8, 4) is 11.4 Å². The SMILES string of the molecule is COc1ccc(Br)c(-n2nnnc2C)c1. The van der Waals surface area contributed by atoms with E-state index in [0.717, 1.165) is 21.7 Å². The molecule has 6 heteroatoms. The number of aromatic nitrogens is 4. The lowest BCUT2D eigenvalue weighted by molar-refractivity contribution is 0.414. The van der Waals surface area contributed by atoms with Gasteiger partial charge in [-0.05, 0) is 45.4 Å². The first-order valence-corrected chi connectivity index (χ1v) is 5.10. The molecule has 0 amide bonds. The van der Waals surface area contributed by atoms with Crippen LogP contribution in [0.2, 0.25) is 0 Å². The van der Waals surface area contributed by atoms with Crippen LogP contribution in [0.3, 0.4) is 0 Å². The quantitative estimate of drug-likeness (QED) is 0.833. The molecule has 1 heterocycles. The fourth-order valence-corrected chi connectivity index (χ4v) is 1.65. The normalized spacial score (nSPS) is 10.3. The summed E-state index contributed by atoms with van der Waals surface area (Å²) >= 11 is 3.44. The van der Waals surface area contributed by atoms with E-state index < -0.39 is 0 Å². The molecule has 5 nitrogen and oxygen atoms in total. The Bertz CT molecular complexity index is 483. The summed E-state index contributed by atoms with van der Waals surface area (Å²) in [6.07, 6.45) is 0. The Balaban J connectivity index is 2.56. The van der Waals surface area contributed by atoms with Crippen LogP contribution in [0, 0.1) is 6.92 Å². The molecule has 0 bridgehead atoms. The van der Waals surface area contributed by atoms with Crippen molar-refractivity contribution >= 4 is 15.9 Å². The van der Waals surface area contributed by atoms with Crippen LogP contribution in [-0.2, 0) is 0 Å². The van der Waals surface area contributed by atoms with Gasteiger partial charge in [0, 0.05) is 10.5 Å². The molecule has 0 aliphatic rings. The average molecular weight is 269 g/mol. The number of benzene rings is 1. The summed E-state index contributed by atoms with van der Waals surface area (Å²) < 4.78 is 7.71. The third-order valence-electron chi connectivity index (χ3n) is 2.01. The van der Waals surface area contributed by atoms with Crippen molar-refractivity contribution in [1.82, 2.24) is 20.2 Å². The molecule has 0 aliphatic heterocycles. The highest BCUT2D eigenvalue weighted by Gasteiger charge is 2.08. The number of hydrogen-bond donors (Lipinski definition) is 0. The molecule has 2 rings (SSSR count). The third-order valence-corrected chi connectivity index (χ3v) is 2.68. The second-order valence-electron chi connectivity index (χ2n) is 2.96.